The van der Waals surface area contributed by atoms with Crippen molar-refractivity contribution in [3.8, 4) is 0 Å². The third kappa shape index (κ3) is 2.44. The normalized spacial score (nSPS) is 39.3. The summed E-state index contributed by atoms with van der Waals surface area (Å²) in [6.45, 7) is 14.1. The van der Waals surface area contributed by atoms with Gasteiger partial charge < -0.3 is 0 Å². The summed E-state index contributed by atoms with van der Waals surface area (Å²) in [5.74, 6) is -3.29. The molecule has 3 saturated carbocycles. The van der Waals surface area contributed by atoms with Crippen molar-refractivity contribution in [2.45, 2.75) is 74.7 Å². The SMILES string of the molecule is CC(=O)C1CC23C(=O)C(C)(CC=C(C)C)C(=O)C(C(=O)C(C)C)(CC2C1(C)C)C3=O. The molecule has 0 aliphatic heterocycles. The molecule has 0 aromatic rings. The summed E-state index contributed by atoms with van der Waals surface area (Å²) >= 11 is 0. The second kappa shape index (κ2) is 6.54. The van der Waals surface area contributed by atoms with Crippen molar-refractivity contribution < 1.29 is 24.0 Å². The van der Waals surface area contributed by atoms with Gasteiger partial charge in [-0.2, -0.15) is 0 Å². The van der Waals surface area contributed by atoms with Gasteiger partial charge in [-0.3, -0.25) is 24.0 Å². The molecule has 0 aromatic heterocycles. The summed E-state index contributed by atoms with van der Waals surface area (Å²) in [7, 11) is 0. The Morgan fingerprint density at radius 2 is 1.53 bits per heavy atom. The molecule has 0 heterocycles. The molecule has 5 atom stereocenters. The topological polar surface area (TPSA) is 85.3 Å². The minimum Gasteiger partial charge on any atom is -0.300 e. The molecule has 0 amide bonds. The smallest absolute Gasteiger partial charge is 0.167 e. The maximum Gasteiger partial charge on any atom is 0.167 e. The van der Waals surface area contributed by atoms with E-state index in [-0.39, 0.29) is 36.6 Å². The van der Waals surface area contributed by atoms with E-state index in [1.807, 2.05) is 33.8 Å². The highest BCUT2D eigenvalue weighted by Gasteiger charge is 2.83. The lowest BCUT2D eigenvalue weighted by Gasteiger charge is -2.44. The van der Waals surface area contributed by atoms with Gasteiger partial charge in [0, 0.05) is 11.8 Å². The second-order valence-electron chi connectivity index (χ2n) is 11.1. The van der Waals surface area contributed by atoms with E-state index in [4.69, 9.17) is 0 Å². The van der Waals surface area contributed by atoms with Gasteiger partial charge in [-0.1, -0.05) is 39.3 Å². The molecule has 2 bridgehead atoms. The summed E-state index contributed by atoms with van der Waals surface area (Å²) < 4.78 is 0. The van der Waals surface area contributed by atoms with Gasteiger partial charge in [-0.25, -0.2) is 0 Å². The van der Waals surface area contributed by atoms with Crippen LogP contribution >= 0.6 is 0 Å². The molecule has 1 spiro atoms. The van der Waals surface area contributed by atoms with Crippen molar-refractivity contribution in [3.05, 3.63) is 11.6 Å². The Labute approximate surface area is 179 Å². The fourth-order valence-corrected chi connectivity index (χ4v) is 6.77. The molecule has 0 N–H and O–H groups in total. The summed E-state index contributed by atoms with van der Waals surface area (Å²) in [6, 6.07) is 0. The number of ketones is 5. The van der Waals surface area contributed by atoms with Crippen LogP contribution in [-0.2, 0) is 24.0 Å². The van der Waals surface area contributed by atoms with Crippen molar-refractivity contribution in [1.29, 1.82) is 0 Å². The quantitative estimate of drug-likeness (QED) is 0.503. The molecular formula is C25H34O5. The molecule has 0 aromatic carbocycles. The lowest BCUT2D eigenvalue weighted by Crippen LogP contribution is -2.64. The number of carbonyl (C=O) groups excluding carboxylic acids is 5. The van der Waals surface area contributed by atoms with Crippen LogP contribution in [0.4, 0.5) is 0 Å². The standard InChI is InChI=1S/C25H34O5/c1-13(2)9-10-23(8)19(28)24-11-16(15(5)26)22(6,7)17(24)12-25(20(23)29,21(24)30)18(27)14(3)4/h9,14,16-17H,10-12H2,1-8H3. The number of allylic oxidation sites excluding steroid dienone is 2. The summed E-state index contributed by atoms with van der Waals surface area (Å²) in [5, 5.41) is 0. The number of rotatable bonds is 5. The summed E-state index contributed by atoms with van der Waals surface area (Å²) in [6.07, 6.45) is 2.18. The van der Waals surface area contributed by atoms with Crippen molar-refractivity contribution in [2.24, 2.45) is 39.4 Å². The molecule has 164 valence electrons. The fraction of sp³-hybridized carbons (Fsp3) is 0.720. The van der Waals surface area contributed by atoms with Gasteiger partial charge >= 0.3 is 0 Å². The first kappa shape index (κ1) is 22.8. The van der Waals surface area contributed by atoms with Gasteiger partial charge in [0.15, 0.2) is 23.1 Å². The highest BCUT2D eigenvalue weighted by atomic mass is 16.2. The van der Waals surface area contributed by atoms with Crippen molar-refractivity contribution >= 4 is 28.9 Å². The van der Waals surface area contributed by atoms with Gasteiger partial charge in [-0.05, 0) is 58.3 Å². The molecule has 3 aliphatic rings. The van der Waals surface area contributed by atoms with Crippen LogP contribution in [0.1, 0.15) is 74.7 Å². The number of hydrogen-bond acceptors (Lipinski definition) is 5. The Morgan fingerprint density at radius 3 is 2.00 bits per heavy atom. The average molecular weight is 415 g/mol. The first-order valence-electron chi connectivity index (χ1n) is 10.9. The Kier molecular flexibility index (Phi) is 4.97. The van der Waals surface area contributed by atoms with E-state index in [2.05, 4.69) is 0 Å². The van der Waals surface area contributed by atoms with E-state index in [9.17, 15) is 24.0 Å². The van der Waals surface area contributed by atoms with E-state index in [1.165, 1.54) is 6.92 Å². The van der Waals surface area contributed by atoms with E-state index in [1.54, 1.807) is 20.8 Å². The molecule has 3 fully saturated rings. The van der Waals surface area contributed by atoms with Gasteiger partial charge in [0.2, 0.25) is 0 Å². The molecule has 30 heavy (non-hydrogen) atoms. The Bertz CT molecular complexity index is 902. The molecule has 5 unspecified atom stereocenters. The number of fused-ring (bicyclic) bond motifs is 1. The summed E-state index contributed by atoms with van der Waals surface area (Å²) in [4.78, 5) is 67.8. The number of hydrogen-bond donors (Lipinski definition) is 0. The van der Waals surface area contributed by atoms with Crippen LogP contribution in [0.3, 0.4) is 0 Å². The van der Waals surface area contributed by atoms with E-state index >= 15 is 0 Å². The zero-order chi connectivity index (χ0) is 23.0. The van der Waals surface area contributed by atoms with Gasteiger partial charge in [-0.15, -0.1) is 0 Å². The molecule has 5 nitrogen and oxygen atoms in total. The van der Waals surface area contributed by atoms with E-state index < -0.39 is 51.0 Å². The summed E-state index contributed by atoms with van der Waals surface area (Å²) in [5.41, 5.74) is -4.31. The zero-order valence-electron chi connectivity index (χ0n) is 19.5. The first-order chi connectivity index (χ1) is 13.6. The van der Waals surface area contributed by atoms with E-state index in [0.717, 1.165) is 5.57 Å². The lowest BCUT2D eigenvalue weighted by molar-refractivity contribution is -0.167. The zero-order valence-corrected chi connectivity index (χ0v) is 19.5. The number of carbonyl (C=O) groups is 5. The second-order valence-corrected chi connectivity index (χ2v) is 11.1. The van der Waals surface area contributed by atoms with Crippen LogP contribution in [0.25, 0.3) is 0 Å². The minimum absolute atomic E-state index is 0.0481. The largest absolute Gasteiger partial charge is 0.300 e. The van der Waals surface area contributed by atoms with E-state index in [0.29, 0.717) is 0 Å². The Balaban J connectivity index is 2.32. The molecule has 5 heteroatoms. The monoisotopic (exact) mass is 414 g/mol. The van der Waals surface area contributed by atoms with Crippen LogP contribution in [0, 0.1) is 39.4 Å². The van der Waals surface area contributed by atoms with Crippen LogP contribution in [0.2, 0.25) is 0 Å². The van der Waals surface area contributed by atoms with Crippen LogP contribution < -0.4 is 0 Å². The average Bonchev–Trinajstić information content (AvgIpc) is 3.03. The maximum atomic E-state index is 14.0. The fourth-order valence-electron chi connectivity index (χ4n) is 6.77. The molecule has 0 radical (unpaired) electrons. The van der Waals surface area contributed by atoms with Gasteiger partial charge in [0.25, 0.3) is 0 Å². The van der Waals surface area contributed by atoms with Gasteiger partial charge in [0.05, 0.1) is 10.8 Å². The maximum absolute atomic E-state index is 14.0. The Morgan fingerprint density at radius 1 is 0.967 bits per heavy atom. The van der Waals surface area contributed by atoms with Crippen LogP contribution in [-0.4, -0.2) is 28.9 Å². The number of Topliss-reactive ketones (excluding diaryl/α,β-unsaturated/α-hetero) is 5. The Hall–Kier alpha value is -1.91. The third-order valence-corrected chi connectivity index (χ3v) is 8.37. The third-order valence-electron chi connectivity index (χ3n) is 8.37. The molecule has 0 saturated heterocycles. The van der Waals surface area contributed by atoms with Crippen LogP contribution in [0.5, 0.6) is 0 Å². The highest BCUT2D eigenvalue weighted by molar-refractivity contribution is 6.40. The molecule has 3 rings (SSSR count). The van der Waals surface area contributed by atoms with Crippen molar-refractivity contribution in [1.82, 2.24) is 0 Å². The molecular weight excluding hydrogens is 380 g/mol. The van der Waals surface area contributed by atoms with Crippen LogP contribution in [0.15, 0.2) is 11.6 Å². The van der Waals surface area contributed by atoms with Crippen molar-refractivity contribution in [2.75, 3.05) is 0 Å². The lowest BCUT2D eigenvalue weighted by atomic mass is 9.52. The first-order valence-corrected chi connectivity index (χ1v) is 10.9. The highest BCUT2D eigenvalue weighted by Crippen LogP contribution is 2.72. The predicted octanol–water partition coefficient (Wildman–Crippen LogP) is 3.92. The molecule has 3 aliphatic carbocycles. The van der Waals surface area contributed by atoms with Crippen molar-refractivity contribution in [3.63, 3.8) is 0 Å². The van der Waals surface area contributed by atoms with Gasteiger partial charge in [0.1, 0.15) is 11.2 Å². The minimum atomic E-state index is -1.77. The predicted molar refractivity (Wildman–Crippen MR) is 113 cm³/mol.